The van der Waals surface area contributed by atoms with Gasteiger partial charge in [-0.3, -0.25) is 4.79 Å². The number of rotatable bonds is 8. The number of carbonyl (C=O) groups is 1. The zero-order valence-electron chi connectivity index (χ0n) is 21.7. The Hall–Kier alpha value is -3.14. The average Bonchev–Trinajstić information content (AvgIpc) is 3.81. The van der Waals surface area contributed by atoms with Gasteiger partial charge in [0.25, 0.3) is 0 Å². The van der Waals surface area contributed by atoms with Crippen molar-refractivity contribution >= 4 is 5.97 Å². The second kappa shape index (κ2) is 9.63. The van der Waals surface area contributed by atoms with Crippen LogP contribution in [-0.2, 0) is 11.2 Å². The van der Waals surface area contributed by atoms with Gasteiger partial charge in [-0.05, 0) is 115 Å². The molecular formula is C33H35FO3. The third-order valence-electron chi connectivity index (χ3n) is 8.73. The van der Waals surface area contributed by atoms with Crippen molar-refractivity contribution in [3.05, 3.63) is 88.2 Å². The summed E-state index contributed by atoms with van der Waals surface area (Å²) in [5.74, 6) is 1.52. The highest BCUT2D eigenvalue weighted by atomic mass is 19.1. The lowest BCUT2D eigenvalue weighted by Gasteiger charge is -2.29. The standard InChI is InChI=1S/C33H35FO3/c1-19-3-13-30(34)29(15-19)26-12-10-25(16-27(26)20(2)21-4-5-21)31-14-11-23-8-9-24(17-32(23)37-31)28(18-33(35)36)22-6-7-22/h3,8-10,12-13,15-17,20-22,28,31H,4-7,11,14,18H2,1-2H3,(H,35,36)/t20?,28-,31?/m0/s1. The largest absolute Gasteiger partial charge is 0.485 e. The molecule has 3 nitrogen and oxygen atoms in total. The van der Waals surface area contributed by atoms with Crippen LogP contribution in [0.25, 0.3) is 11.1 Å². The van der Waals surface area contributed by atoms with E-state index in [2.05, 4.69) is 43.3 Å². The molecule has 3 aromatic rings. The lowest BCUT2D eigenvalue weighted by Crippen LogP contribution is -2.17. The monoisotopic (exact) mass is 498 g/mol. The number of carboxylic acid groups (broad SMARTS) is 1. The summed E-state index contributed by atoms with van der Waals surface area (Å²) in [6, 6.07) is 18.1. The van der Waals surface area contributed by atoms with Crippen molar-refractivity contribution in [2.24, 2.45) is 11.8 Å². The van der Waals surface area contributed by atoms with E-state index in [4.69, 9.17) is 4.74 Å². The molecule has 0 saturated heterocycles. The Balaban J connectivity index is 1.32. The van der Waals surface area contributed by atoms with Crippen molar-refractivity contribution in [3.63, 3.8) is 0 Å². The van der Waals surface area contributed by atoms with Crippen LogP contribution in [0, 0.1) is 24.6 Å². The molecule has 0 aromatic heterocycles. The van der Waals surface area contributed by atoms with Gasteiger partial charge in [-0.2, -0.15) is 0 Å². The molecule has 3 aromatic carbocycles. The molecule has 2 saturated carbocycles. The Labute approximate surface area is 218 Å². The maximum Gasteiger partial charge on any atom is 0.303 e. The first-order valence-corrected chi connectivity index (χ1v) is 13.8. The summed E-state index contributed by atoms with van der Waals surface area (Å²) in [5, 5.41) is 9.45. The summed E-state index contributed by atoms with van der Waals surface area (Å²) >= 11 is 0. The summed E-state index contributed by atoms with van der Waals surface area (Å²) in [5.41, 5.74) is 7.35. The van der Waals surface area contributed by atoms with E-state index < -0.39 is 5.97 Å². The third kappa shape index (κ3) is 5.03. The number of aryl methyl sites for hydroxylation is 2. The molecule has 1 N–H and O–H groups in total. The summed E-state index contributed by atoms with van der Waals surface area (Å²) in [6.45, 7) is 4.28. The highest BCUT2D eigenvalue weighted by molar-refractivity contribution is 5.70. The number of fused-ring (bicyclic) bond motifs is 1. The van der Waals surface area contributed by atoms with Crippen LogP contribution in [0.4, 0.5) is 4.39 Å². The minimum atomic E-state index is -0.740. The second-order valence-electron chi connectivity index (χ2n) is 11.5. The molecule has 6 rings (SSSR count). The van der Waals surface area contributed by atoms with Crippen molar-refractivity contribution in [3.8, 4) is 16.9 Å². The zero-order chi connectivity index (χ0) is 25.7. The fourth-order valence-electron chi connectivity index (χ4n) is 6.19. The van der Waals surface area contributed by atoms with Gasteiger partial charge in [0, 0.05) is 5.56 Å². The third-order valence-corrected chi connectivity index (χ3v) is 8.73. The number of benzene rings is 3. The van der Waals surface area contributed by atoms with Crippen molar-refractivity contribution in [2.75, 3.05) is 0 Å². The van der Waals surface area contributed by atoms with E-state index in [9.17, 15) is 14.3 Å². The van der Waals surface area contributed by atoms with Crippen molar-refractivity contribution < 1.29 is 19.0 Å². The second-order valence-corrected chi connectivity index (χ2v) is 11.5. The number of hydrogen-bond acceptors (Lipinski definition) is 2. The minimum Gasteiger partial charge on any atom is -0.485 e. The van der Waals surface area contributed by atoms with Gasteiger partial charge in [0.2, 0.25) is 0 Å². The molecule has 1 heterocycles. The van der Waals surface area contributed by atoms with Crippen LogP contribution in [0.3, 0.4) is 0 Å². The van der Waals surface area contributed by atoms with E-state index in [1.54, 1.807) is 6.07 Å². The Morgan fingerprint density at radius 3 is 2.49 bits per heavy atom. The Morgan fingerprint density at radius 2 is 1.76 bits per heavy atom. The van der Waals surface area contributed by atoms with Crippen molar-refractivity contribution in [1.29, 1.82) is 0 Å². The molecule has 2 fully saturated rings. The van der Waals surface area contributed by atoms with Crippen LogP contribution in [-0.4, -0.2) is 11.1 Å². The van der Waals surface area contributed by atoms with Gasteiger partial charge in [-0.15, -0.1) is 0 Å². The lowest BCUT2D eigenvalue weighted by molar-refractivity contribution is -0.137. The molecule has 3 aliphatic rings. The Bertz CT molecular complexity index is 1340. The molecule has 2 aliphatic carbocycles. The number of aliphatic carboxylic acids is 1. The van der Waals surface area contributed by atoms with E-state index in [-0.39, 0.29) is 24.3 Å². The summed E-state index contributed by atoms with van der Waals surface area (Å²) in [6.07, 6.45) is 6.60. The van der Waals surface area contributed by atoms with E-state index >= 15 is 0 Å². The molecule has 2 unspecified atom stereocenters. The maximum atomic E-state index is 14.9. The first kappa shape index (κ1) is 24.2. The number of halogens is 1. The fraction of sp³-hybridized carbons (Fsp3) is 0.424. The van der Waals surface area contributed by atoms with Crippen LogP contribution < -0.4 is 4.74 Å². The zero-order valence-corrected chi connectivity index (χ0v) is 21.7. The summed E-state index contributed by atoms with van der Waals surface area (Å²) < 4.78 is 21.5. The van der Waals surface area contributed by atoms with Gasteiger partial charge in [-0.25, -0.2) is 4.39 Å². The van der Waals surface area contributed by atoms with Gasteiger partial charge in [0.1, 0.15) is 17.7 Å². The molecule has 1 aliphatic heterocycles. The molecule has 4 heteroatoms. The van der Waals surface area contributed by atoms with Crippen LogP contribution in [0.2, 0.25) is 0 Å². The molecule has 37 heavy (non-hydrogen) atoms. The molecule has 0 radical (unpaired) electrons. The van der Waals surface area contributed by atoms with Crippen LogP contribution in [0.5, 0.6) is 5.75 Å². The van der Waals surface area contributed by atoms with Gasteiger partial charge in [0.15, 0.2) is 0 Å². The highest BCUT2D eigenvalue weighted by Gasteiger charge is 2.35. The highest BCUT2D eigenvalue weighted by Crippen LogP contribution is 2.48. The van der Waals surface area contributed by atoms with Gasteiger partial charge < -0.3 is 9.84 Å². The molecule has 192 valence electrons. The smallest absolute Gasteiger partial charge is 0.303 e. The predicted molar refractivity (Wildman–Crippen MR) is 144 cm³/mol. The normalized spacial score (nSPS) is 20.6. The molecule has 0 bridgehead atoms. The molecule has 0 amide bonds. The quantitative estimate of drug-likeness (QED) is 0.339. The summed E-state index contributed by atoms with van der Waals surface area (Å²) in [7, 11) is 0. The minimum absolute atomic E-state index is 0.0567. The first-order chi connectivity index (χ1) is 17.9. The molecule has 3 atom stereocenters. The van der Waals surface area contributed by atoms with Gasteiger partial charge >= 0.3 is 5.97 Å². The number of carboxylic acids is 1. The van der Waals surface area contributed by atoms with Crippen molar-refractivity contribution in [1.82, 2.24) is 0 Å². The van der Waals surface area contributed by atoms with Crippen LogP contribution in [0.1, 0.15) is 91.2 Å². The van der Waals surface area contributed by atoms with Crippen molar-refractivity contribution in [2.45, 2.75) is 76.7 Å². The Kier molecular flexibility index (Phi) is 6.30. The number of hydrogen-bond donors (Lipinski definition) is 1. The van der Waals surface area contributed by atoms with E-state index in [0.29, 0.717) is 23.3 Å². The first-order valence-electron chi connectivity index (χ1n) is 13.8. The predicted octanol–water partition coefficient (Wildman–Crippen LogP) is 8.35. The summed E-state index contributed by atoms with van der Waals surface area (Å²) in [4.78, 5) is 11.5. The van der Waals surface area contributed by atoms with E-state index in [0.717, 1.165) is 53.7 Å². The SMILES string of the molecule is Cc1ccc(F)c(-c2ccc(C3CCc4ccc([C@@H](CC(=O)O)C5CC5)cc4O3)cc2C(C)C2CC2)c1. The maximum absolute atomic E-state index is 14.9. The topological polar surface area (TPSA) is 46.5 Å². The molecule has 0 spiro atoms. The van der Waals surface area contributed by atoms with E-state index in [1.165, 1.54) is 24.0 Å². The average molecular weight is 499 g/mol. The lowest BCUT2D eigenvalue weighted by atomic mass is 9.85. The fourth-order valence-corrected chi connectivity index (χ4v) is 6.19. The van der Waals surface area contributed by atoms with Crippen LogP contribution >= 0.6 is 0 Å². The van der Waals surface area contributed by atoms with Crippen LogP contribution in [0.15, 0.2) is 54.6 Å². The Morgan fingerprint density at radius 1 is 0.973 bits per heavy atom. The number of ether oxygens (including phenoxy) is 1. The van der Waals surface area contributed by atoms with Gasteiger partial charge in [-0.1, -0.05) is 48.9 Å². The van der Waals surface area contributed by atoms with Gasteiger partial charge in [0.05, 0.1) is 6.42 Å². The van der Waals surface area contributed by atoms with E-state index in [1.807, 2.05) is 19.1 Å². The molecular weight excluding hydrogens is 463 g/mol.